The maximum absolute atomic E-state index is 14.1. The van der Waals surface area contributed by atoms with Gasteiger partial charge in [0, 0.05) is 58.4 Å². The fourth-order valence-corrected chi connectivity index (χ4v) is 4.35. The molecule has 36 heavy (non-hydrogen) atoms. The van der Waals surface area contributed by atoms with Crippen molar-refractivity contribution in [3.8, 4) is 5.69 Å². The Bertz CT molecular complexity index is 1020. The number of methoxy groups -OCH3 is 1. The molecule has 198 valence electrons. The smallest absolute Gasteiger partial charge is 0.306 e. The molecule has 1 aliphatic rings. The van der Waals surface area contributed by atoms with E-state index in [9.17, 15) is 14.0 Å². The Hall–Kier alpha value is -2.98. The molecule has 3 rings (SSSR count). The van der Waals surface area contributed by atoms with Crippen molar-refractivity contribution >= 4 is 17.7 Å². The molecule has 10 heteroatoms. The van der Waals surface area contributed by atoms with E-state index in [-0.39, 0.29) is 37.1 Å². The van der Waals surface area contributed by atoms with Gasteiger partial charge < -0.3 is 24.2 Å². The molecule has 9 nitrogen and oxygen atoms in total. The SMILES string of the molecule is CCOC(=O)CCC(=O)N(CCCOC)Cc1c(C)nn(-c2cccc(F)c2)c1N1CCN(C)CC1. The number of hydrogen-bond acceptors (Lipinski definition) is 7. The zero-order chi connectivity index (χ0) is 26.1. The second-order valence-electron chi connectivity index (χ2n) is 9.04. The van der Waals surface area contributed by atoms with E-state index in [4.69, 9.17) is 14.6 Å². The van der Waals surface area contributed by atoms with Gasteiger partial charge in [0.15, 0.2) is 0 Å². The van der Waals surface area contributed by atoms with Crippen LogP contribution in [-0.4, -0.2) is 91.6 Å². The van der Waals surface area contributed by atoms with Crippen LogP contribution in [0, 0.1) is 12.7 Å². The van der Waals surface area contributed by atoms with Crippen molar-refractivity contribution in [2.24, 2.45) is 0 Å². The summed E-state index contributed by atoms with van der Waals surface area (Å²) in [5.74, 6) is 0.0420. The second-order valence-corrected chi connectivity index (χ2v) is 9.04. The summed E-state index contributed by atoms with van der Waals surface area (Å²) in [7, 11) is 3.72. The predicted octanol–water partition coefficient (Wildman–Crippen LogP) is 2.78. The highest BCUT2D eigenvalue weighted by Gasteiger charge is 2.27. The Morgan fingerprint density at radius 2 is 1.92 bits per heavy atom. The summed E-state index contributed by atoms with van der Waals surface area (Å²) >= 11 is 0. The number of benzene rings is 1. The number of ether oxygens (including phenoxy) is 2. The first-order valence-electron chi connectivity index (χ1n) is 12.5. The van der Waals surface area contributed by atoms with Crippen molar-refractivity contribution in [3.05, 3.63) is 41.3 Å². The summed E-state index contributed by atoms with van der Waals surface area (Å²) < 4.78 is 26.1. The Morgan fingerprint density at radius 3 is 2.58 bits per heavy atom. The van der Waals surface area contributed by atoms with Crippen LogP contribution in [0.15, 0.2) is 24.3 Å². The Morgan fingerprint density at radius 1 is 1.17 bits per heavy atom. The summed E-state index contributed by atoms with van der Waals surface area (Å²) in [6.45, 7) is 8.68. The maximum Gasteiger partial charge on any atom is 0.306 e. The number of amides is 1. The standard InChI is InChI=1S/C26H38FN5O4/c1-5-36-25(34)11-10-24(33)31(12-7-17-35-4)19-23-20(2)28-32(22-9-6-8-21(27)18-22)26(23)30-15-13-29(3)14-16-30/h6,8-9,18H,5,7,10-17,19H2,1-4H3. The summed E-state index contributed by atoms with van der Waals surface area (Å²) in [4.78, 5) is 31.3. The van der Waals surface area contributed by atoms with Gasteiger partial charge in [-0.3, -0.25) is 9.59 Å². The number of nitrogens with zero attached hydrogens (tertiary/aromatic N) is 5. The average molecular weight is 504 g/mol. The van der Waals surface area contributed by atoms with E-state index in [1.807, 2.05) is 13.0 Å². The largest absolute Gasteiger partial charge is 0.466 e. The zero-order valence-electron chi connectivity index (χ0n) is 21.8. The third kappa shape index (κ3) is 7.27. The highest BCUT2D eigenvalue weighted by atomic mass is 19.1. The van der Waals surface area contributed by atoms with Crippen molar-refractivity contribution in [2.75, 3.05) is 65.0 Å². The number of anilines is 1. The van der Waals surface area contributed by atoms with Crippen molar-refractivity contribution in [1.82, 2.24) is 19.6 Å². The Balaban J connectivity index is 1.94. The van der Waals surface area contributed by atoms with Crippen LogP contribution in [0.5, 0.6) is 0 Å². The van der Waals surface area contributed by atoms with Crippen LogP contribution < -0.4 is 4.90 Å². The van der Waals surface area contributed by atoms with Crippen LogP contribution >= 0.6 is 0 Å². The lowest BCUT2D eigenvalue weighted by Gasteiger charge is -2.35. The minimum atomic E-state index is -0.379. The van der Waals surface area contributed by atoms with E-state index in [1.54, 1.807) is 29.7 Å². The fourth-order valence-electron chi connectivity index (χ4n) is 4.35. The molecular formula is C26H38FN5O4. The molecule has 0 aliphatic carbocycles. The van der Waals surface area contributed by atoms with Crippen molar-refractivity contribution in [3.63, 3.8) is 0 Å². The summed E-state index contributed by atoms with van der Waals surface area (Å²) in [5.41, 5.74) is 2.34. The first-order chi connectivity index (χ1) is 17.3. The third-order valence-corrected chi connectivity index (χ3v) is 6.34. The highest BCUT2D eigenvalue weighted by molar-refractivity contribution is 5.81. The molecule has 1 aromatic heterocycles. The van der Waals surface area contributed by atoms with Crippen molar-refractivity contribution in [2.45, 2.75) is 39.7 Å². The molecular weight excluding hydrogens is 465 g/mol. The molecule has 0 saturated carbocycles. The number of carbonyl (C=O) groups is 2. The van der Waals surface area contributed by atoms with Gasteiger partial charge in [0.1, 0.15) is 11.6 Å². The lowest BCUT2D eigenvalue weighted by atomic mass is 10.1. The number of rotatable bonds is 12. The van der Waals surface area contributed by atoms with Gasteiger partial charge in [-0.2, -0.15) is 5.10 Å². The number of hydrogen-bond donors (Lipinski definition) is 0. The number of halogens is 1. The van der Waals surface area contributed by atoms with E-state index in [1.165, 1.54) is 12.1 Å². The quantitative estimate of drug-likeness (QED) is 0.326. The van der Waals surface area contributed by atoms with Crippen LogP contribution in [0.2, 0.25) is 0 Å². The minimum absolute atomic E-state index is 0.0420. The van der Waals surface area contributed by atoms with Gasteiger partial charge in [-0.05, 0) is 45.5 Å². The van der Waals surface area contributed by atoms with Gasteiger partial charge in [0.25, 0.3) is 0 Å². The van der Waals surface area contributed by atoms with E-state index < -0.39 is 0 Å². The maximum atomic E-state index is 14.1. The van der Waals surface area contributed by atoms with Gasteiger partial charge in [-0.1, -0.05) is 6.07 Å². The van der Waals surface area contributed by atoms with E-state index in [0.717, 1.165) is 43.3 Å². The van der Waals surface area contributed by atoms with E-state index in [2.05, 4.69) is 16.8 Å². The fraction of sp³-hybridized carbons (Fsp3) is 0.577. The molecule has 2 aromatic rings. The number of carbonyl (C=O) groups excluding carboxylic acids is 2. The van der Waals surface area contributed by atoms with Crippen molar-refractivity contribution in [1.29, 1.82) is 0 Å². The van der Waals surface area contributed by atoms with Crippen LogP contribution in [-0.2, 0) is 25.6 Å². The first kappa shape index (κ1) is 27.6. The van der Waals surface area contributed by atoms with Crippen LogP contribution in [0.1, 0.15) is 37.4 Å². The topological polar surface area (TPSA) is 80.1 Å². The molecule has 1 amide bonds. The first-order valence-corrected chi connectivity index (χ1v) is 12.5. The Labute approximate surface area is 212 Å². The highest BCUT2D eigenvalue weighted by Crippen LogP contribution is 2.30. The minimum Gasteiger partial charge on any atom is -0.466 e. The molecule has 2 heterocycles. The van der Waals surface area contributed by atoms with Gasteiger partial charge in [-0.25, -0.2) is 9.07 Å². The molecule has 0 unspecified atom stereocenters. The van der Waals surface area contributed by atoms with Crippen LogP contribution in [0.25, 0.3) is 5.69 Å². The summed E-state index contributed by atoms with van der Waals surface area (Å²) in [5, 5.41) is 4.78. The molecule has 0 N–H and O–H groups in total. The number of aromatic nitrogens is 2. The predicted molar refractivity (Wildman–Crippen MR) is 136 cm³/mol. The number of esters is 1. The third-order valence-electron chi connectivity index (χ3n) is 6.34. The molecule has 1 saturated heterocycles. The number of likely N-dealkylation sites (N-methyl/N-ethyl adjacent to an activating group) is 1. The molecule has 1 aromatic carbocycles. The monoisotopic (exact) mass is 503 g/mol. The van der Waals surface area contributed by atoms with Gasteiger partial charge in [-0.15, -0.1) is 0 Å². The lowest BCUT2D eigenvalue weighted by Crippen LogP contribution is -2.45. The lowest BCUT2D eigenvalue weighted by molar-refractivity contribution is -0.145. The van der Waals surface area contributed by atoms with Gasteiger partial charge in [0.05, 0.1) is 31.0 Å². The molecule has 0 bridgehead atoms. The van der Waals surface area contributed by atoms with E-state index >= 15 is 0 Å². The van der Waals surface area contributed by atoms with E-state index in [0.29, 0.717) is 31.8 Å². The second kappa shape index (κ2) is 13.4. The molecule has 1 fully saturated rings. The summed E-state index contributed by atoms with van der Waals surface area (Å²) in [6, 6.07) is 6.39. The van der Waals surface area contributed by atoms with Crippen molar-refractivity contribution < 1.29 is 23.5 Å². The normalized spacial score (nSPS) is 14.2. The summed E-state index contributed by atoms with van der Waals surface area (Å²) in [6.07, 6.45) is 0.787. The van der Waals surface area contributed by atoms with Crippen LogP contribution in [0.4, 0.5) is 10.2 Å². The zero-order valence-corrected chi connectivity index (χ0v) is 21.8. The van der Waals surface area contributed by atoms with Gasteiger partial charge in [0.2, 0.25) is 5.91 Å². The van der Waals surface area contributed by atoms with Gasteiger partial charge >= 0.3 is 5.97 Å². The number of piperazine rings is 1. The number of aryl methyl sites for hydroxylation is 1. The van der Waals surface area contributed by atoms with Crippen LogP contribution in [0.3, 0.4) is 0 Å². The molecule has 1 aliphatic heterocycles. The average Bonchev–Trinajstić information content (AvgIpc) is 3.18. The molecule has 0 atom stereocenters. The Kier molecular flexibility index (Phi) is 10.2. The molecule has 0 spiro atoms. The molecule has 0 radical (unpaired) electrons.